The van der Waals surface area contributed by atoms with E-state index < -0.39 is 0 Å². The van der Waals surface area contributed by atoms with Gasteiger partial charge < -0.3 is 10.3 Å². The molecular formula is C12H11N5. The molecule has 5 nitrogen and oxygen atoms in total. The molecular weight excluding hydrogens is 214 g/mol. The fraction of sp³-hybridized carbons (Fsp3) is 0.0833. The highest BCUT2D eigenvalue weighted by atomic mass is 15.0. The average Bonchev–Trinajstić information content (AvgIpc) is 2.89. The largest absolute Gasteiger partial charge is 0.362 e. The van der Waals surface area contributed by atoms with Crippen molar-refractivity contribution in [3.05, 3.63) is 48.8 Å². The number of fused-ring (bicyclic) bond motifs is 1. The van der Waals surface area contributed by atoms with Crippen molar-refractivity contribution in [1.29, 1.82) is 0 Å². The number of imidazole rings is 1. The molecule has 0 atom stereocenters. The molecule has 17 heavy (non-hydrogen) atoms. The molecule has 84 valence electrons. The van der Waals surface area contributed by atoms with Crippen LogP contribution < -0.4 is 5.32 Å². The normalized spacial score (nSPS) is 10.6. The summed E-state index contributed by atoms with van der Waals surface area (Å²) in [5.41, 5.74) is 0.935. The first kappa shape index (κ1) is 9.77. The van der Waals surface area contributed by atoms with Gasteiger partial charge in [0.15, 0.2) is 0 Å². The summed E-state index contributed by atoms with van der Waals surface area (Å²) in [6.07, 6.45) is 5.09. The van der Waals surface area contributed by atoms with E-state index in [1.54, 1.807) is 18.7 Å². The fourth-order valence-corrected chi connectivity index (χ4v) is 1.71. The van der Waals surface area contributed by atoms with Gasteiger partial charge in [-0.2, -0.15) is 0 Å². The summed E-state index contributed by atoms with van der Waals surface area (Å²) in [5.74, 6) is 1.71. The van der Waals surface area contributed by atoms with Gasteiger partial charge in [-0.3, -0.25) is 0 Å². The third-order valence-corrected chi connectivity index (χ3v) is 2.52. The Balaban J connectivity index is 1.90. The van der Waals surface area contributed by atoms with Gasteiger partial charge in [-0.1, -0.05) is 12.1 Å². The Hall–Kier alpha value is -2.43. The molecule has 0 aliphatic rings. The van der Waals surface area contributed by atoms with Crippen molar-refractivity contribution in [2.24, 2.45) is 0 Å². The lowest BCUT2D eigenvalue weighted by molar-refractivity contribution is 0.988. The van der Waals surface area contributed by atoms with Crippen LogP contribution in [0.4, 0.5) is 5.82 Å². The second-order valence-electron chi connectivity index (χ2n) is 3.63. The maximum atomic E-state index is 4.24. The maximum absolute atomic E-state index is 4.24. The quantitative estimate of drug-likeness (QED) is 0.715. The molecule has 2 aromatic heterocycles. The third kappa shape index (κ3) is 1.94. The number of aromatic nitrogens is 4. The standard InChI is InChI=1S/C12H11N5/c1-2-4-10-9(3-1)12(17-8-16-10)15-7-11-13-5-6-14-11/h1-6,8H,7H2,(H,13,14)(H,15,16,17). The monoisotopic (exact) mass is 225 g/mol. The third-order valence-electron chi connectivity index (χ3n) is 2.52. The molecule has 0 aliphatic carbocycles. The van der Waals surface area contributed by atoms with Crippen LogP contribution in [0, 0.1) is 0 Å². The van der Waals surface area contributed by atoms with Gasteiger partial charge in [0.25, 0.3) is 0 Å². The molecule has 0 saturated carbocycles. The minimum absolute atomic E-state index is 0.619. The van der Waals surface area contributed by atoms with Gasteiger partial charge in [0.1, 0.15) is 18.0 Å². The Morgan fingerprint density at radius 2 is 2.06 bits per heavy atom. The summed E-state index contributed by atoms with van der Waals surface area (Å²) in [6, 6.07) is 7.91. The van der Waals surface area contributed by atoms with Crippen LogP contribution in [0.15, 0.2) is 43.0 Å². The summed E-state index contributed by atoms with van der Waals surface area (Å²) in [7, 11) is 0. The Labute approximate surface area is 98.0 Å². The number of para-hydroxylation sites is 1. The number of aromatic amines is 1. The summed E-state index contributed by atoms with van der Waals surface area (Å²) in [5, 5.41) is 4.26. The van der Waals surface area contributed by atoms with Crippen molar-refractivity contribution in [3.63, 3.8) is 0 Å². The van der Waals surface area contributed by atoms with E-state index >= 15 is 0 Å². The topological polar surface area (TPSA) is 66.5 Å². The Kier molecular flexibility index (Phi) is 2.42. The molecule has 3 rings (SSSR count). The Bertz CT molecular complexity index is 612. The number of anilines is 1. The van der Waals surface area contributed by atoms with Crippen molar-refractivity contribution in [2.45, 2.75) is 6.54 Å². The number of nitrogens with zero attached hydrogens (tertiary/aromatic N) is 3. The molecule has 0 amide bonds. The summed E-state index contributed by atoms with van der Waals surface area (Å²) in [4.78, 5) is 15.6. The summed E-state index contributed by atoms with van der Waals surface area (Å²) >= 11 is 0. The van der Waals surface area contributed by atoms with Gasteiger partial charge >= 0.3 is 0 Å². The van der Waals surface area contributed by atoms with Crippen LogP contribution in [-0.2, 0) is 6.54 Å². The number of nitrogens with one attached hydrogen (secondary N) is 2. The predicted molar refractivity (Wildman–Crippen MR) is 65.5 cm³/mol. The average molecular weight is 225 g/mol. The molecule has 0 fully saturated rings. The van der Waals surface area contributed by atoms with E-state index in [2.05, 4.69) is 25.3 Å². The zero-order valence-corrected chi connectivity index (χ0v) is 9.09. The van der Waals surface area contributed by atoms with E-state index in [9.17, 15) is 0 Å². The Morgan fingerprint density at radius 3 is 2.94 bits per heavy atom. The first-order valence-electron chi connectivity index (χ1n) is 5.35. The molecule has 3 aromatic rings. The van der Waals surface area contributed by atoms with E-state index in [4.69, 9.17) is 0 Å². The van der Waals surface area contributed by atoms with E-state index in [0.29, 0.717) is 6.54 Å². The first-order chi connectivity index (χ1) is 8.43. The zero-order chi connectivity index (χ0) is 11.5. The van der Waals surface area contributed by atoms with Crippen LogP contribution in [0.25, 0.3) is 10.9 Å². The second-order valence-corrected chi connectivity index (χ2v) is 3.63. The molecule has 2 N–H and O–H groups in total. The minimum atomic E-state index is 0.619. The van der Waals surface area contributed by atoms with Crippen molar-refractivity contribution in [2.75, 3.05) is 5.32 Å². The minimum Gasteiger partial charge on any atom is -0.362 e. The lowest BCUT2D eigenvalue weighted by Crippen LogP contribution is -2.03. The van der Waals surface area contributed by atoms with Crippen molar-refractivity contribution in [3.8, 4) is 0 Å². The molecule has 5 heteroatoms. The van der Waals surface area contributed by atoms with Crippen LogP contribution in [0.3, 0.4) is 0 Å². The van der Waals surface area contributed by atoms with Gasteiger partial charge in [0.05, 0.1) is 12.1 Å². The van der Waals surface area contributed by atoms with Crippen LogP contribution in [-0.4, -0.2) is 19.9 Å². The van der Waals surface area contributed by atoms with Crippen LogP contribution in [0.2, 0.25) is 0 Å². The number of rotatable bonds is 3. The number of hydrogen-bond acceptors (Lipinski definition) is 4. The number of benzene rings is 1. The summed E-state index contributed by atoms with van der Waals surface area (Å²) < 4.78 is 0. The number of H-pyrrole nitrogens is 1. The van der Waals surface area contributed by atoms with Crippen molar-refractivity contribution < 1.29 is 0 Å². The highest BCUT2D eigenvalue weighted by Gasteiger charge is 2.02. The van der Waals surface area contributed by atoms with Crippen LogP contribution >= 0.6 is 0 Å². The highest BCUT2D eigenvalue weighted by Crippen LogP contribution is 2.18. The Morgan fingerprint density at radius 1 is 1.12 bits per heavy atom. The van der Waals surface area contributed by atoms with E-state index in [0.717, 1.165) is 22.5 Å². The first-order valence-corrected chi connectivity index (χ1v) is 5.35. The molecule has 2 heterocycles. The van der Waals surface area contributed by atoms with Crippen LogP contribution in [0.1, 0.15) is 5.82 Å². The molecule has 0 spiro atoms. The molecule has 0 radical (unpaired) electrons. The molecule has 0 aliphatic heterocycles. The van der Waals surface area contributed by atoms with Gasteiger partial charge in [-0.15, -0.1) is 0 Å². The second kappa shape index (κ2) is 4.21. The van der Waals surface area contributed by atoms with E-state index in [1.165, 1.54) is 0 Å². The lowest BCUT2D eigenvalue weighted by atomic mass is 10.2. The SMILES string of the molecule is c1ccc2c(NCc3ncc[nH]3)ncnc2c1. The maximum Gasteiger partial charge on any atom is 0.137 e. The smallest absolute Gasteiger partial charge is 0.137 e. The van der Waals surface area contributed by atoms with Gasteiger partial charge in [0.2, 0.25) is 0 Å². The molecule has 0 unspecified atom stereocenters. The lowest BCUT2D eigenvalue weighted by Gasteiger charge is -2.06. The fourth-order valence-electron chi connectivity index (χ4n) is 1.71. The van der Waals surface area contributed by atoms with Gasteiger partial charge in [-0.05, 0) is 12.1 Å². The number of hydrogen-bond donors (Lipinski definition) is 2. The zero-order valence-electron chi connectivity index (χ0n) is 9.09. The molecule has 0 saturated heterocycles. The van der Waals surface area contributed by atoms with Gasteiger partial charge in [-0.25, -0.2) is 15.0 Å². The van der Waals surface area contributed by atoms with Crippen molar-refractivity contribution >= 4 is 16.7 Å². The van der Waals surface area contributed by atoms with E-state index in [-0.39, 0.29) is 0 Å². The van der Waals surface area contributed by atoms with Crippen LogP contribution in [0.5, 0.6) is 0 Å². The van der Waals surface area contributed by atoms with E-state index in [1.807, 2.05) is 24.3 Å². The highest BCUT2D eigenvalue weighted by molar-refractivity contribution is 5.88. The molecule has 1 aromatic carbocycles. The summed E-state index contributed by atoms with van der Waals surface area (Å²) in [6.45, 7) is 0.619. The predicted octanol–water partition coefficient (Wildman–Crippen LogP) is 1.96. The van der Waals surface area contributed by atoms with Gasteiger partial charge in [0, 0.05) is 17.8 Å². The van der Waals surface area contributed by atoms with Crippen molar-refractivity contribution in [1.82, 2.24) is 19.9 Å². The molecule has 0 bridgehead atoms.